The average molecular weight is 317 g/mol. The molecule has 3 aromatic rings. The number of nitrogens with one attached hydrogen (secondary N) is 2. The molecule has 120 valence electrons. The Kier molecular flexibility index (Phi) is 3.80. The van der Waals surface area contributed by atoms with Crippen molar-refractivity contribution in [2.75, 3.05) is 23.3 Å². The first-order valence-electron chi connectivity index (χ1n) is 8.26. The SMILES string of the molecule is N#Cc1ccc(N2CCCC(Nc3ccc4[nH]ncc4c3)C2)cc1. The van der Waals surface area contributed by atoms with Crippen molar-refractivity contribution in [3.63, 3.8) is 0 Å². The van der Waals surface area contributed by atoms with Gasteiger partial charge in [-0.1, -0.05) is 0 Å². The lowest BCUT2D eigenvalue weighted by molar-refractivity contribution is 0.530. The van der Waals surface area contributed by atoms with Crippen LogP contribution in [0, 0.1) is 11.3 Å². The zero-order valence-electron chi connectivity index (χ0n) is 13.4. The number of nitriles is 1. The molecule has 0 bridgehead atoms. The smallest absolute Gasteiger partial charge is 0.0991 e. The molecule has 0 radical (unpaired) electrons. The largest absolute Gasteiger partial charge is 0.381 e. The minimum absolute atomic E-state index is 0.416. The van der Waals surface area contributed by atoms with Crippen LogP contribution in [0.2, 0.25) is 0 Å². The Balaban J connectivity index is 1.46. The van der Waals surface area contributed by atoms with Gasteiger partial charge in [0.15, 0.2) is 0 Å². The summed E-state index contributed by atoms with van der Waals surface area (Å²) >= 11 is 0. The van der Waals surface area contributed by atoms with Crippen LogP contribution in [-0.4, -0.2) is 29.3 Å². The first kappa shape index (κ1) is 14.6. The summed E-state index contributed by atoms with van der Waals surface area (Å²) in [4.78, 5) is 2.39. The molecule has 0 aliphatic carbocycles. The number of fused-ring (bicyclic) bond motifs is 1. The topological polar surface area (TPSA) is 67.7 Å². The molecule has 24 heavy (non-hydrogen) atoms. The lowest BCUT2D eigenvalue weighted by Crippen LogP contribution is -2.42. The number of piperidine rings is 1. The van der Waals surface area contributed by atoms with Crippen LogP contribution in [0.4, 0.5) is 11.4 Å². The predicted octanol–water partition coefficient (Wildman–Crippen LogP) is 3.52. The summed E-state index contributed by atoms with van der Waals surface area (Å²) in [6.45, 7) is 2.03. The van der Waals surface area contributed by atoms with Gasteiger partial charge in [-0.3, -0.25) is 5.10 Å². The van der Waals surface area contributed by atoms with E-state index in [4.69, 9.17) is 5.26 Å². The second-order valence-electron chi connectivity index (χ2n) is 6.26. The van der Waals surface area contributed by atoms with E-state index >= 15 is 0 Å². The summed E-state index contributed by atoms with van der Waals surface area (Å²) < 4.78 is 0. The highest BCUT2D eigenvalue weighted by molar-refractivity contribution is 5.81. The molecule has 5 heteroatoms. The molecule has 2 aromatic carbocycles. The monoisotopic (exact) mass is 317 g/mol. The number of H-pyrrole nitrogens is 1. The fourth-order valence-electron chi connectivity index (χ4n) is 3.34. The van der Waals surface area contributed by atoms with Crippen molar-refractivity contribution in [1.82, 2.24) is 10.2 Å². The van der Waals surface area contributed by atoms with Crippen molar-refractivity contribution in [2.45, 2.75) is 18.9 Å². The van der Waals surface area contributed by atoms with Crippen molar-refractivity contribution < 1.29 is 0 Å². The second-order valence-corrected chi connectivity index (χ2v) is 6.26. The van der Waals surface area contributed by atoms with Gasteiger partial charge in [-0.2, -0.15) is 10.4 Å². The number of hydrogen-bond donors (Lipinski definition) is 2. The van der Waals surface area contributed by atoms with E-state index in [1.807, 2.05) is 30.5 Å². The molecular formula is C19H19N5. The van der Waals surface area contributed by atoms with Crippen LogP contribution in [0.3, 0.4) is 0 Å². The second kappa shape index (κ2) is 6.25. The van der Waals surface area contributed by atoms with Crippen LogP contribution in [0.15, 0.2) is 48.7 Å². The van der Waals surface area contributed by atoms with E-state index < -0.39 is 0 Å². The van der Waals surface area contributed by atoms with E-state index in [2.05, 4.69) is 44.7 Å². The fraction of sp³-hybridized carbons (Fsp3) is 0.263. The van der Waals surface area contributed by atoms with Gasteiger partial charge in [-0.15, -0.1) is 0 Å². The molecule has 1 fully saturated rings. The Morgan fingerprint density at radius 2 is 2.08 bits per heavy atom. The number of rotatable bonds is 3. The molecule has 1 unspecified atom stereocenters. The normalized spacial score (nSPS) is 17.6. The highest BCUT2D eigenvalue weighted by atomic mass is 15.2. The quantitative estimate of drug-likeness (QED) is 0.775. The van der Waals surface area contributed by atoms with E-state index in [0.717, 1.165) is 42.5 Å². The molecule has 1 aliphatic rings. The minimum atomic E-state index is 0.416. The van der Waals surface area contributed by atoms with Gasteiger partial charge in [0.2, 0.25) is 0 Å². The zero-order chi connectivity index (χ0) is 16.4. The maximum Gasteiger partial charge on any atom is 0.0991 e. The summed E-state index contributed by atoms with van der Waals surface area (Å²) in [6.07, 6.45) is 4.17. The predicted molar refractivity (Wildman–Crippen MR) is 96.1 cm³/mol. The average Bonchev–Trinajstić information content (AvgIpc) is 3.10. The molecular weight excluding hydrogens is 298 g/mol. The Labute approximate surface area is 140 Å². The number of aromatic amines is 1. The molecule has 2 N–H and O–H groups in total. The van der Waals surface area contributed by atoms with Crippen LogP contribution in [0.25, 0.3) is 10.9 Å². The van der Waals surface area contributed by atoms with Crippen molar-refractivity contribution in [3.05, 3.63) is 54.2 Å². The number of benzene rings is 2. The molecule has 1 atom stereocenters. The highest BCUT2D eigenvalue weighted by Gasteiger charge is 2.20. The van der Waals surface area contributed by atoms with Crippen molar-refractivity contribution in [1.29, 1.82) is 5.26 Å². The lowest BCUT2D eigenvalue weighted by atomic mass is 10.0. The third kappa shape index (κ3) is 2.91. The fourth-order valence-corrected chi connectivity index (χ4v) is 3.34. The summed E-state index contributed by atoms with van der Waals surface area (Å²) in [5.74, 6) is 0. The molecule has 1 aromatic heterocycles. The summed E-state index contributed by atoms with van der Waals surface area (Å²) in [5.41, 5.74) is 4.09. The maximum atomic E-state index is 8.92. The van der Waals surface area contributed by atoms with Crippen molar-refractivity contribution >= 4 is 22.3 Å². The van der Waals surface area contributed by atoms with Crippen LogP contribution in [0.5, 0.6) is 0 Å². The summed E-state index contributed by atoms with van der Waals surface area (Å²) in [5, 5.41) is 20.7. The van der Waals surface area contributed by atoms with Crippen LogP contribution in [0.1, 0.15) is 18.4 Å². The number of aromatic nitrogens is 2. The molecule has 0 saturated carbocycles. The van der Waals surface area contributed by atoms with Crippen molar-refractivity contribution in [2.24, 2.45) is 0 Å². The van der Waals surface area contributed by atoms with Gasteiger partial charge in [-0.05, 0) is 55.3 Å². The molecule has 0 amide bonds. The molecule has 1 aliphatic heterocycles. The molecule has 2 heterocycles. The van der Waals surface area contributed by atoms with Gasteiger partial charge in [0, 0.05) is 35.9 Å². The van der Waals surface area contributed by atoms with Gasteiger partial charge in [-0.25, -0.2) is 0 Å². The Morgan fingerprint density at radius 3 is 2.92 bits per heavy atom. The Bertz CT molecular complexity index is 875. The Morgan fingerprint density at radius 1 is 1.21 bits per heavy atom. The molecule has 4 rings (SSSR count). The molecule has 0 spiro atoms. The van der Waals surface area contributed by atoms with E-state index in [-0.39, 0.29) is 0 Å². The summed E-state index contributed by atoms with van der Waals surface area (Å²) in [7, 11) is 0. The van der Waals surface area contributed by atoms with Gasteiger partial charge in [0.1, 0.15) is 0 Å². The first-order valence-corrected chi connectivity index (χ1v) is 8.26. The van der Waals surface area contributed by atoms with E-state index in [1.54, 1.807) is 0 Å². The minimum Gasteiger partial charge on any atom is -0.381 e. The van der Waals surface area contributed by atoms with Gasteiger partial charge < -0.3 is 10.2 Å². The number of nitrogens with zero attached hydrogens (tertiary/aromatic N) is 3. The van der Waals surface area contributed by atoms with Gasteiger partial charge >= 0.3 is 0 Å². The standard InChI is InChI=1S/C19H19N5/c20-11-14-3-6-18(7-4-14)24-9-1-2-17(13-24)22-16-5-8-19-15(10-16)12-21-23-19/h3-8,10,12,17,22H,1-2,9,13H2,(H,21,23). The van der Waals surface area contributed by atoms with Crippen LogP contribution < -0.4 is 10.2 Å². The van der Waals surface area contributed by atoms with Crippen LogP contribution in [-0.2, 0) is 0 Å². The third-order valence-corrected chi connectivity index (χ3v) is 4.59. The zero-order valence-corrected chi connectivity index (χ0v) is 13.4. The highest BCUT2D eigenvalue weighted by Crippen LogP contribution is 2.24. The van der Waals surface area contributed by atoms with Crippen molar-refractivity contribution in [3.8, 4) is 6.07 Å². The summed E-state index contributed by atoms with van der Waals surface area (Å²) in [6, 6.07) is 16.7. The van der Waals surface area contributed by atoms with Gasteiger partial charge in [0.05, 0.1) is 23.3 Å². The van der Waals surface area contributed by atoms with E-state index in [1.165, 1.54) is 5.69 Å². The first-order chi connectivity index (χ1) is 11.8. The van der Waals surface area contributed by atoms with Crippen LogP contribution >= 0.6 is 0 Å². The van der Waals surface area contributed by atoms with Gasteiger partial charge in [0.25, 0.3) is 0 Å². The van der Waals surface area contributed by atoms with E-state index in [0.29, 0.717) is 11.6 Å². The molecule has 1 saturated heterocycles. The maximum absolute atomic E-state index is 8.92. The third-order valence-electron chi connectivity index (χ3n) is 4.59. The number of hydrogen-bond acceptors (Lipinski definition) is 4. The Hall–Kier alpha value is -3.00. The lowest BCUT2D eigenvalue weighted by Gasteiger charge is -2.35. The number of anilines is 2. The molecule has 5 nitrogen and oxygen atoms in total. The van der Waals surface area contributed by atoms with E-state index in [9.17, 15) is 0 Å².